The first-order chi connectivity index (χ1) is 8.32. The molecule has 2 atom stereocenters. The predicted molar refractivity (Wildman–Crippen MR) is 69.9 cm³/mol. The summed E-state index contributed by atoms with van der Waals surface area (Å²) >= 11 is 0. The Morgan fingerprint density at radius 3 is 2.72 bits per heavy atom. The summed E-state index contributed by atoms with van der Waals surface area (Å²) in [5.41, 5.74) is 0. The molecule has 0 bridgehead atoms. The molecular weight excluding hydrogens is 254 g/mol. The Bertz CT molecular complexity index is 380. The Morgan fingerprint density at radius 2 is 2.17 bits per heavy atom. The highest BCUT2D eigenvalue weighted by Crippen LogP contribution is 2.22. The topological polar surface area (TPSA) is 63.7 Å². The average molecular weight is 277 g/mol. The van der Waals surface area contributed by atoms with Crippen molar-refractivity contribution in [3.05, 3.63) is 0 Å². The molecule has 0 spiro atoms. The highest BCUT2D eigenvalue weighted by molar-refractivity contribution is 7.88. The highest BCUT2D eigenvalue weighted by atomic mass is 32.2. The molecule has 0 saturated carbocycles. The molecule has 6 heteroatoms. The van der Waals surface area contributed by atoms with E-state index in [1.54, 1.807) is 7.11 Å². The first kappa shape index (κ1) is 15.6. The minimum Gasteiger partial charge on any atom is -0.381 e. The van der Waals surface area contributed by atoms with E-state index in [1.165, 1.54) is 10.6 Å². The van der Waals surface area contributed by atoms with Crippen LogP contribution in [-0.4, -0.2) is 51.1 Å². The zero-order valence-electron chi connectivity index (χ0n) is 11.4. The number of rotatable bonds is 6. The van der Waals surface area contributed by atoms with E-state index in [9.17, 15) is 13.2 Å². The number of hydrogen-bond acceptors (Lipinski definition) is 4. The minimum atomic E-state index is -3.12. The van der Waals surface area contributed by atoms with Crippen LogP contribution in [0.1, 0.15) is 32.6 Å². The second-order valence-electron chi connectivity index (χ2n) is 5.12. The second kappa shape index (κ2) is 6.63. The minimum absolute atomic E-state index is 0.0629. The van der Waals surface area contributed by atoms with Crippen molar-refractivity contribution in [3.8, 4) is 0 Å². The number of piperidine rings is 1. The molecule has 1 aliphatic rings. The lowest BCUT2D eigenvalue weighted by atomic mass is 9.92. The van der Waals surface area contributed by atoms with E-state index >= 15 is 0 Å². The Kier molecular flexibility index (Phi) is 5.75. The van der Waals surface area contributed by atoms with Crippen LogP contribution in [0.5, 0.6) is 0 Å². The maximum absolute atomic E-state index is 11.8. The molecule has 5 nitrogen and oxygen atoms in total. The molecule has 1 saturated heterocycles. The summed E-state index contributed by atoms with van der Waals surface area (Å²) < 4.78 is 29.5. The molecular formula is C12H23NO4S. The third-order valence-electron chi connectivity index (χ3n) is 3.38. The third kappa shape index (κ3) is 5.04. The fraction of sp³-hybridized carbons (Fsp3) is 0.917. The monoisotopic (exact) mass is 277 g/mol. The number of Topliss-reactive ketones (excluding diaryl/α,β-unsaturated/α-hetero) is 1. The van der Waals surface area contributed by atoms with Gasteiger partial charge in [-0.05, 0) is 25.7 Å². The van der Waals surface area contributed by atoms with E-state index in [0.29, 0.717) is 25.9 Å². The lowest BCUT2D eigenvalue weighted by Crippen LogP contribution is -2.39. The van der Waals surface area contributed by atoms with Gasteiger partial charge >= 0.3 is 0 Å². The van der Waals surface area contributed by atoms with E-state index in [0.717, 1.165) is 12.8 Å². The molecule has 2 unspecified atom stereocenters. The molecule has 1 heterocycles. The number of nitrogens with zero attached hydrogens (tertiary/aromatic N) is 1. The highest BCUT2D eigenvalue weighted by Gasteiger charge is 2.27. The molecule has 0 N–H and O–H groups in total. The number of sulfonamides is 1. The van der Waals surface area contributed by atoms with Gasteiger partial charge in [0.1, 0.15) is 5.78 Å². The molecule has 1 aliphatic heterocycles. The van der Waals surface area contributed by atoms with Crippen molar-refractivity contribution in [3.63, 3.8) is 0 Å². The Morgan fingerprint density at radius 1 is 1.50 bits per heavy atom. The van der Waals surface area contributed by atoms with Crippen LogP contribution in [0.4, 0.5) is 0 Å². The normalized spacial score (nSPS) is 23.8. The van der Waals surface area contributed by atoms with Crippen LogP contribution in [0.3, 0.4) is 0 Å². The van der Waals surface area contributed by atoms with E-state index in [2.05, 4.69) is 0 Å². The predicted octanol–water partition coefficient (Wildman–Crippen LogP) is 1.04. The fourth-order valence-electron chi connectivity index (χ4n) is 2.30. The quantitative estimate of drug-likeness (QED) is 0.728. The van der Waals surface area contributed by atoms with Gasteiger partial charge < -0.3 is 4.74 Å². The van der Waals surface area contributed by atoms with Crippen LogP contribution in [-0.2, 0) is 19.6 Å². The number of ketones is 1. The lowest BCUT2D eigenvalue weighted by Gasteiger charge is -2.30. The lowest BCUT2D eigenvalue weighted by molar-refractivity contribution is -0.122. The fourth-order valence-corrected chi connectivity index (χ4v) is 3.25. The van der Waals surface area contributed by atoms with Gasteiger partial charge in [0.25, 0.3) is 0 Å². The summed E-state index contributed by atoms with van der Waals surface area (Å²) in [6.45, 7) is 2.92. The molecule has 106 valence electrons. The summed E-state index contributed by atoms with van der Waals surface area (Å²) in [7, 11) is -1.54. The Labute approximate surface area is 110 Å². The SMILES string of the molecule is COC(C)CC(=O)CC1CCCN(S(C)(=O)=O)C1. The average Bonchev–Trinajstić information content (AvgIpc) is 2.27. The standard InChI is InChI=1S/C12H23NO4S/c1-10(17-2)7-12(14)8-11-5-4-6-13(9-11)18(3,15)16/h10-11H,4-9H2,1-3H3. The van der Waals surface area contributed by atoms with Crippen LogP contribution in [0, 0.1) is 5.92 Å². The van der Waals surface area contributed by atoms with Gasteiger partial charge in [0, 0.05) is 33.0 Å². The van der Waals surface area contributed by atoms with Crippen molar-refractivity contribution >= 4 is 15.8 Å². The zero-order chi connectivity index (χ0) is 13.8. The van der Waals surface area contributed by atoms with E-state index in [1.807, 2.05) is 6.92 Å². The van der Waals surface area contributed by atoms with E-state index in [-0.39, 0.29) is 17.8 Å². The number of carbonyl (C=O) groups is 1. The van der Waals surface area contributed by atoms with Gasteiger partial charge in [-0.1, -0.05) is 0 Å². The number of ether oxygens (including phenoxy) is 1. The second-order valence-corrected chi connectivity index (χ2v) is 7.10. The van der Waals surface area contributed by atoms with Gasteiger partial charge in [-0.2, -0.15) is 0 Å². The Balaban J connectivity index is 2.45. The van der Waals surface area contributed by atoms with Crippen LogP contribution in [0.2, 0.25) is 0 Å². The molecule has 0 aromatic heterocycles. The van der Waals surface area contributed by atoms with Crippen molar-refractivity contribution in [2.45, 2.75) is 38.7 Å². The van der Waals surface area contributed by atoms with Gasteiger partial charge in [0.15, 0.2) is 0 Å². The van der Waals surface area contributed by atoms with Crippen molar-refractivity contribution in [2.75, 3.05) is 26.5 Å². The van der Waals surface area contributed by atoms with Gasteiger partial charge in [0.05, 0.1) is 12.4 Å². The number of methoxy groups -OCH3 is 1. The van der Waals surface area contributed by atoms with Gasteiger partial charge in [-0.25, -0.2) is 12.7 Å². The van der Waals surface area contributed by atoms with E-state index < -0.39 is 10.0 Å². The Hall–Kier alpha value is -0.460. The van der Waals surface area contributed by atoms with Gasteiger partial charge in [-0.3, -0.25) is 4.79 Å². The molecule has 1 fully saturated rings. The van der Waals surface area contributed by atoms with E-state index in [4.69, 9.17) is 4.74 Å². The number of carbonyl (C=O) groups excluding carboxylic acids is 1. The smallest absolute Gasteiger partial charge is 0.211 e. The summed E-state index contributed by atoms with van der Waals surface area (Å²) in [5, 5.41) is 0. The van der Waals surface area contributed by atoms with Crippen molar-refractivity contribution in [1.82, 2.24) is 4.31 Å². The summed E-state index contributed by atoms with van der Waals surface area (Å²) in [6.07, 6.45) is 3.80. The largest absolute Gasteiger partial charge is 0.381 e. The molecule has 0 radical (unpaired) electrons. The molecule has 0 aromatic carbocycles. The van der Waals surface area contributed by atoms with Crippen LogP contribution >= 0.6 is 0 Å². The summed E-state index contributed by atoms with van der Waals surface area (Å²) in [6, 6.07) is 0. The molecule has 1 rings (SSSR count). The molecule has 0 aliphatic carbocycles. The first-order valence-electron chi connectivity index (χ1n) is 6.32. The zero-order valence-corrected chi connectivity index (χ0v) is 12.2. The van der Waals surface area contributed by atoms with Crippen molar-refractivity contribution < 1.29 is 17.9 Å². The third-order valence-corrected chi connectivity index (χ3v) is 4.65. The number of hydrogen-bond donors (Lipinski definition) is 0. The first-order valence-corrected chi connectivity index (χ1v) is 8.17. The maximum atomic E-state index is 11.8. The molecule has 0 amide bonds. The summed E-state index contributed by atoms with van der Waals surface area (Å²) in [4.78, 5) is 11.8. The van der Waals surface area contributed by atoms with Gasteiger partial charge in [0.2, 0.25) is 10.0 Å². The van der Waals surface area contributed by atoms with Crippen LogP contribution in [0.25, 0.3) is 0 Å². The maximum Gasteiger partial charge on any atom is 0.211 e. The van der Waals surface area contributed by atoms with Crippen LogP contribution in [0.15, 0.2) is 0 Å². The molecule has 0 aromatic rings. The van der Waals surface area contributed by atoms with Crippen molar-refractivity contribution in [2.24, 2.45) is 5.92 Å². The summed E-state index contributed by atoms with van der Waals surface area (Å²) in [5.74, 6) is 0.315. The van der Waals surface area contributed by atoms with Crippen LogP contribution < -0.4 is 0 Å². The van der Waals surface area contributed by atoms with Gasteiger partial charge in [-0.15, -0.1) is 0 Å². The molecule has 18 heavy (non-hydrogen) atoms. The van der Waals surface area contributed by atoms with Crippen molar-refractivity contribution in [1.29, 1.82) is 0 Å².